The van der Waals surface area contributed by atoms with E-state index in [4.69, 9.17) is 4.74 Å². The fourth-order valence-electron chi connectivity index (χ4n) is 4.85. The van der Waals surface area contributed by atoms with Crippen molar-refractivity contribution in [3.63, 3.8) is 0 Å². The van der Waals surface area contributed by atoms with Gasteiger partial charge in [0.05, 0.1) is 5.56 Å². The lowest BCUT2D eigenvalue weighted by Crippen LogP contribution is -2.36. The smallest absolute Gasteiger partial charge is 0.338 e. The lowest BCUT2D eigenvalue weighted by Gasteiger charge is -2.33. The third kappa shape index (κ3) is 5.31. The van der Waals surface area contributed by atoms with E-state index in [2.05, 4.69) is 47.8 Å². The predicted octanol–water partition coefficient (Wildman–Crippen LogP) is 6.21. The number of para-hydroxylation sites is 1. The highest BCUT2D eigenvalue weighted by atomic mass is 35.5. The van der Waals surface area contributed by atoms with Crippen LogP contribution < -0.4 is 10.1 Å². The highest BCUT2D eigenvalue weighted by Crippen LogP contribution is 2.40. The van der Waals surface area contributed by atoms with Gasteiger partial charge < -0.3 is 15.2 Å². The summed E-state index contributed by atoms with van der Waals surface area (Å²) >= 11 is 0. The Bertz CT molecular complexity index is 1340. The van der Waals surface area contributed by atoms with Crippen molar-refractivity contribution in [2.75, 3.05) is 13.1 Å². The second-order valence-electron chi connectivity index (χ2n) is 8.70. The van der Waals surface area contributed by atoms with Crippen LogP contribution in [0.5, 0.6) is 5.75 Å². The van der Waals surface area contributed by atoms with E-state index < -0.39 is 11.8 Å². The molecule has 180 valence electrons. The Balaban J connectivity index is 0.00000289. The molecule has 4 aromatic rings. The van der Waals surface area contributed by atoms with Crippen LogP contribution >= 0.6 is 12.4 Å². The number of halogens is 2. The van der Waals surface area contributed by atoms with Crippen LogP contribution in [0, 0.1) is 5.82 Å². The van der Waals surface area contributed by atoms with Crippen LogP contribution in [0.2, 0.25) is 0 Å². The maximum absolute atomic E-state index is 14.0. The Hall–Kier alpha value is -3.41. The van der Waals surface area contributed by atoms with Crippen LogP contribution in [0.25, 0.3) is 10.8 Å². The maximum atomic E-state index is 14.0. The quantitative estimate of drug-likeness (QED) is 0.301. The van der Waals surface area contributed by atoms with Gasteiger partial charge in [-0.05, 0) is 59.5 Å². The number of fused-ring (bicyclic) bond motifs is 2. The molecule has 5 rings (SSSR count). The van der Waals surface area contributed by atoms with Gasteiger partial charge in [-0.25, -0.2) is 9.18 Å². The van der Waals surface area contributed by atoms with E-state index in [0.29, 0.717) is 13.0 Å². The van der Waals surface area contributed by atoms with E-state index in [9.17, 15) is 14.3 Å². The third-order valence-corrected chi connectivity index (χ3v) is 6.53. The second-order valence-corrected chi connectivity index (χ2v) is 8.70. The average molecular weight is 492 g/mol. The van der Waals surface area contributed by atoms with Crippen LogP contribution in [-0.4, -0.2) is 30.3 Å². The zero-order chi connectivity index (χ0) is 23.5. The minimum absolute atomic E-state index is 0. The molecular formula is C29H27ClFNO3. The first-order valence-corrected chi connectivity index (χ1v) is 11.6. The number of carboxylic acid groups (broad SMARTS) is 1. The van der Waals surface area contributed by atoms with Crippen molar-refractivity contribution in [2.24, 2.45) is 0 Å². The number of hydrogen-bond acceptors (Lipinski definition) is 3. The summed E-state index contributed by atoms with van der Waals surface area (Å²) in [4.78, 5) is 11.5. The number of benzene rings is 4. The van der Waals surface area contributed by atoms with E-state index in [-0.39, 0.29) is 30.0 Å². The summed E-state index contributed by atoms with van der Waals surface area (Å²) < 4.78 is 20.2. The number of ether oxygens (including phenoxy) is 1. The molecule has 4 nitrogen and oxygen atoms in total. The molecule has 35 heavy (non-hydrogen) atoms. The van der Waals surface area contributed by atoms with E-state index >= 15 is 0 Å². The summed E-state index contributed by atoms with van der Waals surface area (Å²) in [6.07, 6.45) is 1.52. The topological polar surface area (TPSA) is 58.6 Å². The van der Waals surface area contributed by atoms with Crippen molar-refractivity contribution in [2.45, 2.75) is 24.9 Å². The van der Waals surface area contributed by atoms with Crippen molar-refractivity contribution in [3.8, 4) is 5.75 Å². The van der Waals surface area contributed by atoms with Gasteiger partial charge in [-0.1, -0.05) is 66.7 Å². The van der Waals surface area contributed by atoms with Gasteiger partial charge in [0, 0.05) is 18.0 Å². The van der Waals surface area contributed by atoms with Crippen molar-refractivity contribution < 1.29 is 19.0 Å². The lowest BCUT2D eigenvalue weighted by atomic mass is 9.83. The summed E-state index contributed by atoms with van der Waals surface area (Å²) in [5.74, 6) is -1.25. The number of rotatable bonds is 7. The van der Waals surface area contributed by atoms with E-state index in [0.717, 1.165) is 29.8 Å². The highest BCUT2D eigenvalue weighted by Gasteiger charge is 2.30. The number of carbonyl (C=O) groups is 1. The zero-order valence-corrected chi connectivity index (χ0v) is 19.9. The zero-order valence-electron chi connectivity index (χ0n) is 19.1. The van der Waals surface area contributed by atoms with E-state index in [1.165, 1.54) is 28.5 Å². The molecule has 0 saturated heterocycles. The standard InChI is InChI=1S/C29H26FNO3.ClH/c30-27-13-12-21(16-26(27)29(32)33)25-17-22(34-28-11-4-3-10-24(25)28)18-31-15-14-20-8-5-7-19-6-1-2-9-23(19)20;/h1-13,16,22,25,31H,14-15,17-18H2,(H,32,33);1H/t22-,25-;/m1./s1. The largest absolute Gasteiger partial charge is 0.489 e. The van der Waals surface area contributed by atoms with Crippen LogP contribution in [0.3, 0.4) is 0 Å². The number of nitrogens with one attached hydrogen (secondary N) is 1. The van der Waals surface area contributed by atoms with Gasteiger partial charge in [-0.15, -0.1) is 12.4 Å². The molecule has 1 heterocycles. The van der Waals surface area contributed by atoms with Crippen LogP contribution in [-0.2, 0) is 6.42 Å². The first-order valence-electron chi connectivity index (χ1n) is 11.6. The molecule has 1 aliphatic rings. The molecule has 0 unspecified atom stereocenters. The van der Waals surface area contributed by atoms with Gasteiger partial charge in [0.25, 0.3) is 0 Å². The molecule has 0 spiro atoms. The van der Waals surface area contributed by atoms with E-state index in [1.54, 1.807) is 6.07 Å². The molecule has 0 amide bonds. The molecule has 0 saturated carbocycles. The molecule has 1 aliphatic heterocycles. The number of carboxylic acids is 1. The Morgan fingerprint density at radius 3 is 2.63 bits per heavy atom. The molecule has 2 N–H and O–H groups in total. The molecule has 0 bridgehead atoms. The van der Waals surface area contributed by atoms with Gasteiger partial charge in [-0.3, -0.25) is 0 Å². The molecule has 0 fully saturated rings. The first-order chi connectivity index (χ1) is 16.6. The minimum Gasteiger partial charge on any atom is -0.489 e. The van der Waals surface area contributed by atoms with Gasteiger partial charge in [0.1, 0.15) is 17.7 Å². The second kappa shape index (κ2) is 10.9. The summed E-state index contributed by atoms with van der Waals surface area (Å²) in [7, 11) is 0. The van der Waals surface area contributed by atoms with Crippen molar-refractivity contribution >= 4 is 29.1 Å². The van der Waals surface area contributed by atoms with Gasteiger partial charge in [0.2, 0.25) is 0 Å². The molecular weight excluding hydrogens is 465 g/mol. The van der Waals surface area contributed by atoms with Crippen LogP contribution in [0.4, 0.5) is 4.39 Å². The van der Waals surface area contributed by atoms with Crippen LogP contribution in [0.15, 0.2) is 84.9 Å². The Morgan fingerprint density at radius 1 is 1.00 bits per heavy atom. The summed E-state index contributed by atoms with van der Waals surface area (Å²) in [6, 6.07) is 27.0. The van der Waals surface area contributed by atoms with Crippen LogP contribution in [0.1, 0.15) is 39.4 Å². The predicted molar refractivity (Wildman–Crippen MR) is 138 cm³/mol. The fraction of sp³-hybridized carbons (Fsp3) is 0.207. The minimum atomic E-state index is -1.26. The average Bonchev–Trinajstić information content (AvgIpc) is 2.86. The molecule has 0 aliphatic carbocycles. The van der Waals surface area contributed by atoms with Crippen molar-refractivity contribution in [3.05, 3.63) is 113 Å². The van der Waals surface area contributed by atoms with E-state index in [1.807, 2.05) is 24.3 Å². The Labute approximate surface area is 210 Å². The van der Waals surface area contributed by atoms with Gasteiger partial charge in [-0.2, -0.15) is 0 Å². The maximum Gasteiger partial charge on any atom is 0.338 e. The molecule has 0 radical (unpaired) electrons. The van der Waals surface area contributed by atoms with Crippen molar-refractivity contribution in [1.29, 1.82) is 0 Å². The molecule has 2 atom stereocenters. The number of hydrogen-bond donors (Lipinski definition) is 2. The third-order valence-electron chi connectivity index (χ3n) is 6.53. The Kier molecular flexibility index (Phi) is 7.69. The lowest BCUT2D eigenvalue weighted by molar-refractivity contribution is 0.0691. The molecule has 6 heteroatoms. The normalized spacial score (nSPS) is 16.7. The summed E-state index contributed by atoms with van der Waals surface area (Å²) in [5.41, 5.74) is 2.80. The Morgan fingerprint density at radius 2 is 1.77 bits per heavy atom. The fourth-order valence-corrected chi connectivity index (χ4v) is 4.85. The molecule has 0 aromatic heterocycles. The van der Waals surface area contributed by atoms with Gasteiger partial charge >= 0.3 is 5.97 Å². The van der Waals surface area contributed by atoms with Gasteiger partial charge in [0.15, 0.2) is 0 Å². The number of aromatic carboxylic acids is 1. The SMILES string of the molecule is Cl.O=C(O)c1cc([C@H]2C[C@H](CNCCc3cccc4ccccc34)Oc3ccccc32)ccc1F. The molecule has 4 aromatic carbocycles. The highest BCUT2D eigenvalue weighted by molar-refractivity contribution is 5.88. The summed E-state index contributed by atoms with van der Waals surface area (Å²) in [5, 5.41) is 15.4. The first kappa shape index (κ1) is 24.7. The summed E-state index contributed by atoms with van der Waals surface area (Å²) in [6.45, 7) is 1.49. The monoisotopic (exact) mass is 491 g/mol. The van der Waals surface area contributed by atoms with Crippen molar-refractivity contribution in [1.82, 2.24) is 5.32 Å².